The predicted molar refractivity (Wildman–Crippen MR) is 127 cm³/mol. The molecule has 0 atom stereocenters. The van der Waals surface area contributed by atoms with Gasteiger partial charge in [-0.15, -0.1) is 0 Å². The quantitative estimate of drug-likeness (QED) is 0.147. The first kappa shape index (κ1) is 28.8. The molecule has 0 aliphatic heterocycles. The van der Waals surface area contributed by atoms with Gasteiger partial charge in [0.15, 0.2) is 0 Å². The predicted octanol–water partition coefficient (Wildman–Crippen LogP) is 6.16. The Balaban J connectivity index is 3.47. The highest BCUT2D eigenvalue weighted by atomic mass is 16.3. The molecule has 0 bridgehead atoms. The van der Waals surface area contributed by atoms with Gasteiger partial charge in [-0.05, 0) is 12.8 Å². The molecule has 0 unspecified atom stereocenters. The SMILES string of the molecule is CCCCCCCCCCCCCCCCCCN(CCC)N(CCO)CCO. The Hall–Kier alpha value is -0.160. The molecule has 0 aromatic heterocycles. The summed E-state index contributed by atoms with van der Waals surface area (Å²) >= 11 is 0. The van der Waals surface area contributed by atoms with E-state index in [4.69, 9.17) is 0 Å². The fourth-order valence-corrected chi connectivity index (χ4v) is 4.12. The molecule has 0 radical (unpaired) electrons. The molecule has 176 valence electrons. The number of hydrogen-bond donors (Lipinski definition) is 2. The lowest BCUT2D eigenvalue weighted by Gasteiger charge is -2.34. The molecule has 4 nitrogen and oxygen atoms in total. The monoisotopic (exact) mass is 414 g/mol. The number of rotatable bonds is 24. The standard InChI is InChI=1S/C25H54N2O2/c1-3-5-6-7-8-9-10-11-12-13-14-15-16-17-18-19-21-26(20-4-2)27(22-24-28)23-25-29/h28-29H,3-25H2,1-2H3. The van der Waals surface area contributed by atoms with Gasteiger partial charge in [-0.3, -0.25) is 0 Å². The maximum atomic E-state index is 9.24. The summed E-state index contributed by atoms with van der Waals surface area (Å²) in [6, 6.07) is 0. The van der Waals surface area contributed by atoms with Gasteiger partial charge in [-0.2, -0.15) is 0 Å². The molecule has 0 spiro atoms. The van der Waals surface area contributed by atoms with Crippen molar-refractivity contribution in [2.24, 2.45) is 0 Å². The number of aliphatic hydroxyl groups is 2. The van der Waals surface area contributed by atoms with Crippen molar-refractivity contribution in [1.29, 1.82) is 0 Å². The Bertz CT molecular complexity index is 297. The Morgan fingerprint density at radius 1 is 0.379 bits per heavy atom. The molecule has 0 rings (SSSR count). The average molecular weight is 415 g/mol. The summed E-state index contributed by atoms with van der Waals surface area (Å²) < 4.78 is 0. The minimum Gasteiger partial charge on any atom is -0.395 e. The molecule has 0 fully saturated rings. The minimum atomic E-state index is 0.152. The van der Waals surface area contributed by atoms with Crippen molar-refractivity contribution in [2.75, 3.05) is 39.4 Å². The summed E-state index contributed by atoms with van der Waals surface area (Å²) in [5, 5.41) is 22.9. The summed E-state index contributed by atoms with van der Waals surface area (Å²) in [6.45, 7) is 8.09. The van der Waals surface area contributed by atoms with Crippen molar-refractivity contribution in [3.05, 3.63) is 0 Å². The number of unbranched alkanes of at least 4 members (excludes halogenated alkanes) is 15. The van der Waals surface area contributed by atoms with Crippen LogP contribution in [0.1, 0.15) is 123 Å². The first-order chi connectivity index (χ1) is 14.3. The third kappa shape index (κ3) is 19.5. The number of hydrogen-bond acceptors (Lipinski definition) is 4. The number of nitrogens with zero attached hydrogens (tertiary/aromatic N) is 2. The van der Waals surface area contributed by atoms with E-state index in [1.807, 2.05) is 0 Å². The first-order valence-electron chi connectivity index (χ1n) is 13.0. The largest absolute Gasteiger partial charge is 0.395 e. The van der Waals surface area contributed by atoms with Gasteiger partial charge < -0.3 is 10.2 Å². The van der Waals surface area contributed by atoms with E-state index in [2.05, 4.69) is 23.9 Å². The van der Waals surface area contributed by atoms with Gasteiger partial charge in [-0.25, -0.2) is 10.0 Å². The van der Waals surface area contributed by atoms with Gasteiger partial charge in [0.1, 0.15) is 0 Å². The lowest BCUT2D eigenvalue weighted by molar-refractivity contribution is -0.0458. The zero-order chi connectivity index (χ0) is 21.4. The van der Waals surface area contributed by atoms with Gasteiger partial charge in [0.05, 0.1) is 13.2 Å². The van der Waals surface area contributed by atoms with E-state index >= 15 is 0 Å². The fraction of sp³-hybridized carbons (Fsp3) is 1.00. The molecule has 0 aromatic rings. The molecular weight excluding hydrogens is 360 g/mol. The van der Waals surface area contributed by atoms with Crippen LogP contribution in [0.2, 0.25) is 0 Å². The van der Waals surface area contributed by atoms with Crippen molar-refractivity contribution in [1.82, 2.24) is 10.0 Å². The molecule has 0 amide bonds. The van der Waals surface area contributed by atoms with Crippen molar-refractivity contribution in [3.8, 4) is 0 Å². The van der Waals surface area contributed by atoms with Crippen LogP contribution in [0.25, 0.3) is 0 Å². The van der Waals surface area contributed by atoms with Crippen LogP contribution in [0.15, 0.2) is 0 Å². The van der Waals surface area contributed by atoms with Crippen LogP contribution in [0.3, 0.4) is 0 Å². The Labute approximate surface area is 183 Å². The second-order valence-corrected chi connectivity index (χ2v) is 8.66. The summed E-state index contributed by atoms with van der Waals surface area (Å²) in [4.78, 5) is 0. The molecular formula is C25H54N2O2. The van der Waals surface area contributed by atoms with Crippen LogP contribution < -0.4 is 0 Å². The Morgan fingerprint density at radius 3 is 1.07 bits per heavy atom. The average Bonchev–Trinajstić information content (AvgIpc) is 2.72. The van der Waals surface area contributed by atoms with Crippen LogP contribution in [0.4, 0.5) is 0 Å². The molecule has 2 N–H and O–H groups in total. The molecule has 0 heterocycles. The van der Waals surface area contributed by atoms with Crippen molar-refractivity contribution in [3.63, 3.8) is 0 Å². The van der Waals surface area contributed by atoms with E-state index in [9.17, 15) is 10.2 Å². The number of hydrazine groups is 1. The van der Waals surface area contributed by atoms with Crippen molar-refractivity contribution in [2.45, 2.75) is 123 Å². The van der Waals surface area contributed by atoms with E-state index in [1.165, 1.54) is 103 Å². The smallest absolute Gasteiger partial charge is 0.0572 e. The Morgan fingerprint density at radius 2 is 0.724 bits per heavy atom. The van der Waals surface area contributed by atoms with Crippen molar-refractivity contribution < 1.29 is 10.2 Å². The van der Waals surface area contributed by atoms with Crippen LogP contribution in [-0.4, -0.2) is 59.6 Å². The molecule has 4 heteroatoms. The molecule has 0 aromatic carbocycles. The highest BCUT2D eigenvalue weighted by Crippen LogP contribution is 2.14. The fourth-order valence-electron chi connectivity index (χ4n) is 4.12. The normalized spacial score (nSPS) is 11.8. The van der Waals surface area contributed by atoms with E-state index in [-0.39, 0.29) is 13.2 Å². The van der Waals surface area contributed by atoms with Crippen LogP contribution in [0.5, 0.6) is 0 Å². The summed E-state index contributed by atoms with van der Waals surface area (Å²) in [5.41, 5.74) is 0. The molecule has 0 saturated heterocycles. The van der Waals surface area contributed by atoms with Crippen LogP contribution >= 0.6 is 0 Å². The maximum absolute atomic E-state index is 9.24. The summed E-state index contributed by atoms with van der Waals surface area (Å²) in [6.07, 6.45) is 23.5. The minimum absolute atomic E-state index is 0.152. The van der Waals surface area contributed by atoms with Gasteiger partial charge in [0.25, 0.3) is 0 Å². The van der Waals surface area contributed by atoms with E-state index in [0.29, 0.717) is 13.1 Å². The van der Waals surface area contributed by atoms with Gasteiger partial charge in [0, 0.05) is 26.2 Å². The van der Waals surface area contributed by atoms with E-state index in [0.717, 1.165) is 19.5 Å². The topological polar surface area (TPSA) is 46.9 Å². The molecule has 29 heavy (non-hydrogen) atoms. The van der Waals surface area contributed by atoms with Crippen molar-refractivity contribution >= 4 is 0 Å². The molecule has 0 aliphatic rings. The second kappa shape index (κ2) is 24.1. The third-order valence-corrected chi connectivity index (χ3v) is 5.87. The van der Waals surface area contributed by atoms with Crippen LogP contribution in [0, 0.1) is 0 Å². The Kier molecular flexibility index (Phi) is 24.0. The molecule has 0 aliphatic carbocycles. The summed E-state index contributed by atoms with van der Waals surface area (Å²) in [5.74, 6) is 0. The van der Waals surface area contributed by atoms with Crippen LogP contribution in [-0.2, 0) is 0 Å². The maximum Gasteiger partial charge on any atom is 0.0572 e. The zero-order valence-corrected chi connectivity index (χ0v) is 20.1. The highest BCUT2D eigenvalue weighted by Gasteiger charge is 2.13. The van der Waals surface area contributed by atoms with Gasteiger partial charge >= 0.3 is 0 Å². The second-order valence-electron chi connectivity index (χ2n) is 8.66. The highest BCUT2D eigenvalue weighted by molar-refractivity contribution is 4.59. The number of aliphatic hydroxyl groups excluding tert-OH is 2. The van der Waals surface area contributed by atoms with E-state index < -0.39 is 0 Å². The lowest BCUT2D eigenvalue weighted by Crippen LogP contribution is -2.46. The lowest BCUT2D eigenvalue weighted by atomic mass is 10.0. The summed E-state index contributed by atoms with van der Waals surface area (Å²) in [7, 11) is 0. The van der Waals surface area contributed by atoms with Gasteiger partial charge in [-0.1, -0.05) is 110 Å². The van der Waals surface area contributed by atoms with E-state index in [1.54, 1.807) is 0 Å². The third-order valence-electron chi connectivity index (χ3n) is 5.87. The zero-order valence-electron chi connectivity index (χ0n) is 20.1. The van der Waals surface area contributed by atoms with Gasteiger partial charge in [0.2, 0.25) is 0 Å². The molecule has 0 saturated carbocycles. The first-order valence-corrected chi connectivity index (χ1v) is 13.0.